The van der Waals surface area contributed by atoms with Crippen molar-refractivity contribution in [3.63, 3.8) is 0 Å². The zero-order valence-electron chi connectivity index (χ0n) is 9.84. The maximum Gasteiger partial charge on any atom is 0.396 e. The van der Waals surface area contributed by atoms with Crippen molar-refractivity contribution >= 4 is 0 Å². The Labute approximate surface area is 97.4 Å². The van der Waals surface area contributed by atoms with E-state index in [0.29, 0.717) is 12.8 Å². The van der Waals surface area contributed by atoms with E-state index in [1.165, 1.54) is 0 Å². The highest BCUT2D eigenvalue weighted by molar-refractivity contribution is 5.06. The summed E-state index contributed by atoms with van der Waals surface area (Å²) in [6, 6.07) is 0. The number of nitrogens with two attached hydrogens (primary N) is 1. The number of hydrogen-bond acceptors (Lipinski definition) is 4. The Bertz CT molecular complexity index is 350. The van der Waals surface area contributed by atoms with Crippen LogP contribution in [0.2, 0.25) is 0 Å². The molecular formula is C10H16F3N3O. The molecule has 0 unspecified atom stereocenters. The van der Waals surface area contributed by atoms with E-state index in [0.717, 1.165) is 0 Å². The zero-order valence-corrected chi connectivity index (χ0v) is 9.84. The van der Waals surface area contributed by atoms with E-state index >= 15 is 0 Å². The number of halogens is 3. The highest BCUT2D eigenvalue weighted by Crippen LogP contribution is 2.30. The SMILES string of the molecule is CCC(CC)(CN)c1nc(CC(F)(F)F)no1. The number of nitrogens with zero attached hydrogens (tertiary/aromatic N) is 2. The second kappa shape index (κ2) is 5.03. The van der Waals surface area contributed by atoms with Gasteiger partial charge in [0.1, 0.15) is 6.42 Å². The van der Waals surface area contributed by atoms with Crippen molar-refractivity contribution in [2.24, 2.45) is 5.73 Å². The molecule has 4 nitrogen and oxygen atoms in total. The van der Waals surface area contributed by atoms with Crippen LogP contribution < -0.4 is 5.73 Å². The van der Waals surface area contributed by atoms with Gasteiger partial charge in [-0.2, -0.15) is 18.2 Å². The number of aromatic nitrogens is 2. The topological polar surface area (TPSA) is 64.9 Å². The van der Waals surface area contributed by atoms with Gasteiger partial charge < -0.3 is 10.3 Å². The summed E-state index contributed by atoms with van der Waals surface area (Å²) in [5, 5.41) is 3.35. The summed E-state index contributed by atoms with van der Waals surface area (Å²) in [6.07, 6.45) is -4.21. The Morgan fingerprint density at radius 1 is 1.24 bits per heavy atom. The lowest BCUT2D eigenvalue weighted by atomic mass is 9.82. The van der Waals surface area contributed by atoms with Crippen LogP contribution in [-0.2, 0) is 11.8 Å². The molecule has 0 saturated carbocycles. The van der Waals surface area contributed by atoms with Crippen molar-refractivity contribution in [2.75, 3.05) is 6.54 Å². The van der Waals surface area contributed by atoms with Gasteiger partial charge in [-0.05, 0) is 12.8 Å². The van der Waals surface area contributed by atoms with E-state index in [9.17, 15) is 13.2 Å². The summed E-state index contributed by atoms with van der Waals surface area (Å²) in [5.41, 5.74) is 5.13. The molecule has 0 saturated heterocycles. The lowest BCUT2D eigenvalue weighted by molar-refractivity contribution is -0.128. The van der Waals surface area contributed by atoms with Crippen LogP contribution in [0, 0.1) is 0 Å². The van der Waals surface area contributed by atoms with Crippen LogP contribution in [0.3, 0.4) is 0 Å². The van der Waals surface area contributed by atoms with E-state index in [2.05, 4.69) is 10.1 Å². The Balaban J connectivity index is 2.93. The molecular weight excluding hydrogens is 235 g/mol. The summed E-state index contributed by atoms with van der Waals surface area (Å²) in [6.45, 7) is 4.06. The Morgan fingerprint density at radius 2 is 1.82 bits per heavy atom. The molecule has 1 aromatic heterocycles. The summed E-state index contributed by atoms with van der Waals surface area (Å²) < 4.78 is 41.3. The highest BCUT2D eigenvalue weighted by Gasteiger charge is 2.36. The molecule has 1 aromatic rings. The van der Waals surface area contributed by atoms with Crippen LogP contribution in [0.25, 0.3) is 0 Å². The van der Waals surface area contributed by atoms with E-state index < -0.39 is 18.0 Å². The molecule has 0 spiro atoms. The van der Waals surface area contributed by atoms with Gasteiger partial charge in [0, 0.05) is 6.54 Å². The molecule has 0 amide bonds. The lowest BCUT2D eigenvalue weighted by Crippen LogP contribution is -2.34. The summed E-state index contributed by atoms with van der Waals surface area (Å²) in [7, 11) is 0. The van der Waals surface area contributed by atoms with E-state index in [1.807, 2.05) is 13.8 Å². The zero-order chi connectivity index (χ0) is 13.1. The fourth-order valence-electron chi connectivity index (χ4n) is 1.65. The predicted molar refractivity (Wildman–Crippen MR) is 55.4 cm³/mol. The largest absolute Gasteiger partial charge is 0.396 e. The molecule has 98 valence electrons. The van der Waals surface area contributed by atoms with Gasteiger partial charge >= 0.3 is 6.18 Å². The number of alkyl halides is 3. The standard InChI is InChI=1S/C10H16F3N3O/c1-3-9(4-2,6-14)8-15-7(16-17-8)5-10(11,12)13/h3-6,14H2,1-2H3. The molecule has 0 aliphatic heterocycles. The first-order valence-corrected chi connectivity index (χ1v) is 5.46. The first-order chi connectivity index (χ1) is 7.87. The van der Waals surface area contributed by atoms with Gasteiger partial charge in [0.05, 0.1) is 5.41 Å². The second-order valence-corrected chi connectivity index (χ2v) is 4.00. The van der Waals surface area contributed by atoms with Gasteiger partial charge in [0.2, 0.25) is 5.89 Å². The molecule has 0 atom stereocenters. The second-order valence-electron chi connectivity index (χ2n) is 4.00. The normalized spacial score (nSPS) is 13.1. The van der Waals surface area contributed by atoms with Gasteiger partial charge in [0.15, 0.2) is 5.82 Å². The van der Waals surface area contributed by atoms with Crippen LogP contribution >= 0.6 is 0 Å². The molecule has 0 aromatic carbocycles. The number of hydrogen-bond donors (Lipinski definition) is 1. The minimum Gasteiger partial charge on any atom is -0.339 e. The smallest absolute Gasteiger partial charge is 0.339 e. The molecule has 7 heteroatoms. The first kappa shape index (κ1) is 14.0. The maximum absolute atomic E-state index is 12.1. The van der Waals surface area contributed by atoms with Crippen LogP contribution in [0.15, 0.2) is 4.52 Å². The molecule has 0 aliphatic rings. The highest BCUT2D eigenvalue weighted by atomic mass is 19.4. The minimum absolute atomic E-state index is 0.198. The third kappa shape index (κ3) is 3.18. The molecule has 2 N–H and O–H groups in total. The van der Waals surface area contributed by atoms with E-state index in [-0.39, 0.29) is 18.3 Å². The predicted octanol–water partition coefficient (Wildman–Crippen LogP) is 2.19. The van der Waals surface area contributed by atoms with E-state index in [4.69, 9.17) is 10.3 Å². The molecule has 0 aliphatic carbocycles. The quantitative estimate of drug-likeness (QED) is 0.871. The van der Waals surface area contributed by atoms with Gasteiger partial charge in [0.25, 0.3) is 0 Å². The third-order valence-electron chi connectivity index (χ3n) is 3.02. The van der Waals surface area contributed by atoms with Crippen molar-refractivity contribution in [1.82, 2.24) is 10.1 Å². The lowest BCUT2D eigenvalue weighted by Gasteiger charge is -2.24. The Kier molecular flexibility index (Phi) is 4.13. The molecule has 1 heterocycles. The van der Waals surface area contributed by atoms with Crippen LogP contribution in [0.1, 0.15) is 38.4 Å². The Hall–Kier alpha value is -1.11. The summed E-state index contributed by atoms with van der Waals surface area (Å²) in [5.74, 6) is -0.142. The molecule has 17 heavy (non-hydrogen) atoms. The maximum atomic E-state index is 12.1. The van der Waals surface area contributed by atoms with Crippen molar-refractivity contribution < 1.29 is 17.7 Å². The van der Waals surface area contributed by atoms with E-state index in [1.54, 1.807) is 0 Å². The molecule has 0 fully saturated rings. The molecule has 1 rings (SSSR count). The van der Waals surface area contributed by atoms with Crippen LogP contribution in [-0.4, -0.2) is 22.9 Å². The van der Waals surface area contributed by atoms with Crippen LogP contribution in [0.5, 0.6) is 0 Å². The monoisotopic (exact) mass is 251 g/mol. The number of rotatable bonds is 5. The van der Waals surface area contributed by atoms with Gasteiger partial charge in [-0.25, -0.2) is 0 Å². The van der Waals surface area contributed by atoms with Gasteiger partial charge in [-0.15, -0.1) is 0 Å². The Morgan fingerprint density at radius 3 is 2.24 bits per heavy atom. The average Bonchev–Trinajstić information content (AvgIpc) is 2.68. The van der Waals surface area contributed by atoms with Crippen molar-refractivity contribution in [3.8, 4) is 0 Å². The fourth-order valence-corrected chi connectivity index (χ4v) is 1.65. The van der Waals surface area contributed by atoms with Gasteiger partial charge in [-0.1, -0.05) is 19.0 Å². The summed E-state index contributed by atoms with van der Waals surface area (Å²) >= 11 is 0. The van der Waals surface area contributed by atoms with Crippen molar-refractivity contribution in [2.45, 2.75) is 44.7 Å². The average molecular weight is 251 g/mol. The fraction of sp³-hybridized carbons (Fsp3) is 0.800. The van der Waals surface area contributed by atoms with Crippen molar-refractivity contribution in [3.05, 3.63) is 11.7 Å². The first-order valence-electron chi connectivity index (χ1n) is 5.46. The molecule has 0 radical (unpaired) electrons. The van der Waals surface area contributed by atoms with Gasteiger partial charge in [-0.3, -0.25) is 0 Å². The third-order valence-corrected chi connectivity index (χ3v) is 3.02. The molecule has 0 bridgehead atoms. The van der Waals surface area contributed by atoms with Crippen LogP contribution in [0.4, 0.5) is 13.2 Å². The van der Waals surface area contributed by atoms with Crippen molar-refractivity contribution in [1.29, 1.82) is 0 Å². The summed E-state index contributed by atoms with van der Waals surface area (Å²) in [4.78, 5) is 3.80. The minimum atomic E-state index is -4.33.